The smallest absolute Gasteiger partial charge is 0.208 e. The van der Waals surface area contributed by atoms with Crippen LogP contribution in [0.3, 0.4) is 0 Å². The zero-order valence-electron chi connectivity index (χ0n) is 8.60. The van der Waals surface area contributed by atoms with Gasteiger partial charge in [0.1, 0.15) is 0 Å². The Labute approximate surface area is 115 Å². The SMILES string of the molecule is CC/C(Cl)=C(/Cl)O[P+](=O)O/C(Cl)=C(/Cl)CC. The molecule has 0 radical (unpaired) electrons. The Balaban J connectivity index is 4.42. The summed E-state index contributed by atoms with van der Waals surface area (Å²) in [7, 11) is -2.53. The molecule has 0 aliphatic heterocycles. The van der Waals surface area contributed by atoms with Gasteiger partial charge in [-0.2, -0.15) is 0 Å². The van der Waals surface area contributed by atoms with E-state index >= 15 is 0 Å². The molecule has 0 aromatic heterocycles. The van der Waals surface area contributed by atoms with E-state index in [2.05, 4.69) is 0 Å². The second-order valence-corrected chi connectivity index (χ2v) is 4.88. The van der Waals surface area contributed by atoms with Crippen molar-refractivity contribution >= 4 is 54.7 Å². The minimum absolute atomic E-state index is 0.178. The highest BCUT2D eigenvalue weighted by molar-refractivity contribution is 7.33. The summed E-state index contributed by atoms with van der Waals surface area (Å²) in [4.78, 5) is 0. The van der Waals surface area contributed by atoms with E-state index in [1.165, 1.54) is 0 Å². The van der Waals surface area contributed by atoms with Gasteiger partial charge in [-0.3, -0.25) is 0 Å². The van der Waals surface area contributed by atoms with Crippen LogP contribution >= 0.6 is 54.7 Å². The summed E-state index contributed by atoms with van der Waals surface area (Å²) in [6.45, 7) is 3.53. The maximum Gasteiger partial charge on any atom is 0.807 e. The predicted molar refractivity (Wildman–Crippen MR) is 67.8 cm³/mol. The Kier molecular flexibility index (Phi) is 8.61. The van der Waals surface area contributed by atoms with Gasteiger partial charge >= 0.3 is 8.25 Å². The molecule has 92 valence electrons. The van der Waals surface area contributed by atoms with Crippen molar-refractivity contribution in [3.05, 3.63) is 20.5 Å². The lowest BCUT2D eigenvalue weighted by atomic mass is 10.5. The molecule has 0 atom stereocenters. The molecule has 0 N–H and O–H groups in total. The minimum Gasteiger partial charge on any atom is -0.208 e. The largest absolute Gasteiger partial charge is 0.807 e. The molecule has 0 aromatic rings. The lowest BCUT2D eigenvalue weighted by Gasteiger charge is -1.95. The second-order valence-electron chi connectivity index (χ2n) is 2.47. The van der Waals surface area contributed by atoms with Crippen molar-refractivity contribution in [2.75, 3.05) is 0 Å². The van der Waals surface area contributed by atoms with Crippen LogP contribution in [0.25, 0.3) is 0 Å². The highest BCUT2D eigenvalue weighted by Crippen LogP contribution is 2.37. The topological polar surface area (TPSA) is 35.5 Å². The quantitative estimate of drug-likeness (QED) is 0.457. The Morgan fingerprint density at radius 2 is 1.25 bits per heavy atom. The predicted octanol–water partition coefficient (Wildman–Crippen LogP) is 5.79. The molecule has 0 fully saturated rings. The van der Waals surface area contributed by atoms with Gasteiger partial charge in [0.2, 0.25) is 0 Å². The van der Waals surface area contributed by atoms with Crippen LogP contribution in [0.2, 0.25) is 0 Å². The Bertz CT molecular complexity index is 297. The fourth-order valence-electron chi connectivity index (χ4n) is 0.527. The van der Waals surface area contributed by atoms with Gasteiger partial charge in [0.25, 0.3) is 10.4 Å². The number of hydrogen-bond acceptors (Lipinski definition) is 3. The third-order valence-electron chi connectivity index (χ3n) is 1.36. The first-order valence-electron chi connectivity index (χ1n) is 4.33. The number of halogens is 4. The Morgan fingerprint density at radius 1 is 0.938 bits per heavy atom. The molecule has 0 heterocycles. The van der Waals surface area contributed by atoms with E-state index in [1.54, 1.807) is 13.8 Å². The van der Waals surface area contributed by atoms with E-state index in [0.717, 1.165) is 0 Å². The van der Waals surface area contributed by atoms with Crippen LogP contribution < -0.4 is 0 Å². The van der Waals surface area contributed by atoms with Gasteiger partial charge in [-0.05, 0) is 36.0 Å². The molecule has 0 amide bonds. The standard InChI is InChI=1S/C8H10Cl4O3P/c1-3-5(9)7(11)14-16(13)15-8(12)6(10)4-2/h3-4H2,1-2H3/q+1/b7-5+,8-6+. The highest BCUT2D eigenvalue weighted by atomic mass is 35.5. The summed E-state index contributed by atoms with van der Waals surface area (Å²) in [5, 5.41) is 0.135. The molecule has 0 aliphatic rings. The molecule has 16 heavy (non-hydrogen) atoms. The van der Waals surface area contributed by atoms with E-state index in [0.29, 0.717) is 12.8 Å². The van der Waals surface area contributed by atoms with Crippen LogP contribution in [-0.2, 0) is 13.6 Å². The van der Waals surface area contributed by atoms with E-state index in [9.17, 15) is 4.57 Å². The van der Waals surface area contributed by atoms with Gasteiger partial charge in [-0.15, -0.1) is 0 Å². The van der Waals surface area contributed by atoms with E-state index in [1.807, 2.05) is 0 Å². The molecule has 3 nitrogen and oxygen atoms in total. The van der Waals surface area contributed by atoms with Crippen molar-refractivity contribution in [2.45, 2.75) is 26.7 Å². The first kappa shape index (κ1) is 16.3. The van der Waals surface area contributed by atoms with Crippen molar-refractivity contribution in [3.8, 4) is 0 Å². The maximum absolute atomic E-state index is 11.3. The first-order chi connectivity index (χ1) is 7.42. The van der Waals surface area contributed by atoms with Gasteiger partial charge in [-0.1, -0.05) is 37.0 Å². The normalized spacial score (nSPS) is 13.9. The summed E-state index contributed by atoms with van der Waals surface area (Å²) < 4.78 is 20.6. The van der Waals surface area contributed by atoms with Crippen LogP contribution in [-0.4, -0.2) is 0 Å². The zero-order chi connectivity index (χ0) is 12.7. The van der Waals surface area contributed by atoms with Crippen molar-refractivity contribution in [3.63, 3.8) is 0 Å². The van der Waals surface area contributed by atoms with Crippen LogP contribution in [0.5, 0.6) is 0 Å². The van der Waals surface area contributed by atoms with Gasteiger partial charge < -0.3 is 0 Å². The molecular formula is C8H10Cl4O3P+. The third-order valence-corrected chi connectivity index (χ3v) is 3.92. The summed E-state index contributed by atoms with van der Waals surface area (Å²) in [6.07, 6.45) is 0.922. The highest BCUT2D eigenvalue weighted by Gasteiger charge is 2.28. The van der Waals surface area contributed by atoms with E-state index in [4.69, 9.17) is 55.5 Å². The Hall–Kier alpha value is 0.340. The fraction of sp³-hybridized carbons (Fsp3) is 0.500. The summed E-state index contributed by atoms with van der Waals surface area (Å²) in [5.41, 5.74) is 0. The lowest BCUT2D eigenvalue weighted by molar-refractivity contribution is 0.339. The van der Waals surface area contributed by atoms with Crippen molar-refractivity contribution < 1.29 is 13.6 Å². The van der Waals surface area contributed by atoms with Crippen LogP contribution in [0.1, 0.15) is 26.7 Å². The monoisotopic (exact) mass is 325 g/mol. The third kappa shape index (κ3) is 6.17. The van der Waals surface area contributed by atoms with Crippen molar-refractivity contribution in [2.24, 2.45) is 0 Å². The maximum atomic E-state index is 11.3. The number of hydrogen-bond donors (Lipinski definition) is 0. The molecule has 0 aliphatic carbocycles. The average Bonchev–Trinajstić information content (AvgIpc) is 2.26. The zero-order valence-corrected chi connectivity index (χ0v) is 12.5. The molecule has 8 heteroatoms. The molecule has 0 spiro atoms. The molecule has 0 unspecified atom stereocenters. The van der Waals surface area contributed by atoms with E-state index in [-0.39, 0.29) is 20.5 Å². The van der Waals surface area contributed by atoms with Gasteiger partial charge in [-0.25, -0.2) is 9.05 Å². The summed E-state index contributed by atoms with van der Waals surface area (Å²) in [6, 6.07) is 0. The second kappa shape index (κ2) is 8.43. The fourth-order valence-corrected chi connectivity index (χ4v) is 1.84. The molecule has 0 aromatic carbocycles. The van der Waals surface area contributed by atoms with Crippen LogP contribution in [0, 0.1) is 0 Å². The van der Waals surface area contributed by atoms with Crippen LogP contribution in [0.15, 0.2) is 20.5 Å². The van der Waals surface area contributed by atoms with Gasteiger partial charge in [0.05, 0.1) is 10.1 Å². The summed E-state index contributed by atoms with van der Waals surface area (Å²) in [5.74, 6) is 0. The number of allylic oxidation sites excluding steroid dienone is 2. The molecule has 0 bridgehead atoms. The van der Waals surface area contributed by atoms with Crippen molar-refractivity contribution in [1.82, 2.24) is 0 Å². The van der Waals surface area contributed by atoms with E-state index < -0.39 is 8.25 Å². The van der Waals surface area contributed by atoms with Gasteiger partial charge in [0, 0.05) is 4.57 Å². The van der Waals surface area contributed by atoms with Crippen molar-refractivity contribution in [1.29, 1.82) is 0 Å². The van der Waals surface area contributed by atoms with Crippen LogP contribution in [0.4, 0.5) is 0 Å². The molecule has 0 rings (SSSR count). The minimum atomic E-state index is -2.53. The summed E-state index contributed by atoms with van der Waals surface area (Å²) >= 11 is 22.5. The first-order valence-corrected chi connectivity index (χ1v) is 6.94. The Morgan fingerprint density at radius 3 is 1.50 bits per heavy atom. The molecular weight excluding hydrogens is 317 g/mol. The molecule has 0 saturated heterocycles. The molecule has 0 saturated carbocycles. The average molecular weight is 327 g/mol. The lowest BCUT2D eigenvalue weighted by Crippen LogP contribution is -1.84. The number of rotatable bonds is 6. The van der Waals surface area contributed by atoms with Gasteiger partial charge in [0.15, 0.2) is 0 Å².